The molecule has 0 unspecified atom stereocenters. The topological polar surface area (TPSA) is 104 Å². The molecule has 3 rings (SSSR count). The second-order valence-electron chi connectivity index (χ2n) is 6.68. The molecule has 0 bridgehead atoms. The highest BCUT2D eigenvalue weighted by Gasteiger charge is 2.37. The summed E-state index contributed by atoms with van der Waals surface area (Å²) in [7, 11) is 0. The van der Waals surface area contributed by atoms with Gasteiger partial charge >= 0.3 is 12.2 Å². The lowest BCUT2D eigenvalue weighted by Crippen LogP contribution is -2.43. The molecule has 0 fully saturated rings. The predicted molar refractivity (Wildman–Crippen MR) is 103 cm³/mol. The van der Waals surface area contributed by atoms with Crippen LogP contribution in [-0.4, -0.2) is 53.9 Å². The zero-order chi connectivity index (χ0) is 21.9. The first-order valence-electron chi connectivity index (χ1n) is 9.33. The van der Waals surface area contributed by atoms with Crippen LogP contribution in [0.4, 0.5) is 35.3 Å². The minimum atomic E-state index is -4.58. The van der Waals surface area contributed by atoms with E-state index >= 15 is 0 Å². The molecule has 162 valence electrons. The number of carbonyl (C=O) groups excluding carboxylic acids is 2. The van der Waals surface area contributed by atoms with Gasteiger partial charge in [-0.15, -0.1) is 0 Å². The zero-order valence-electron chi connectivity index (χ0n) is 16.4. The Morgan fingerprint density at radius 1 is 1.27 bits per heavy atom. The van der Waals surface area contributed by atoms with E-state index in [1.54, 1.807) is 6.07 Å². The van der Waals surface area contributed by atoms with Crippen LogP contribution >= 0.6 is 0 Å². The van der Waals surface area contributed by atoms with E-state index in [1.165, 1.54) is 23.3 Å². The van der Waals surface area contributed by atoms with Crippen molar-refractivity contribution >= 4 is 29.3 Å². The molecule has 1 atom stereocenters. The summed E-state index contributed by atoms with van der Waals surface area (Å²) in [5, 5.41) is 8.08. The van der Waals surface area contributed by atoms with E-state index in [-0.39, 0.29) is 17.3 Å². The van der Waals surface area contributed by atoms with Gasteiger partial charge in [-0.3, -0.25) is 15.0 Å². The fourth-order valence-electron chi connectivity index (χ4n) is 2.99. The Hall–Kier alpha value is -3.31. The number of alkyl halides is 3. The van der Waals surface area contributed by atoms with Crippen molar-refractivity contribution in [1.29, 1.82) is 0 Å². The molecule has 0 spiro atoms. The number of fused-ring (bicyclic) bond motifs is 1. The monoisotopic (exact) mass is 426 g/mol. The van der Waals surface area contributed by atoms with Crippen LogP contribution in [0, 0.1) is 0 Å². The maximum absolute atomic E-state index is 12.8. The Kier molecular flexibility index (Phi) is 6.13. The van der Waals surface area contributed by atoms with E-state index in [0.717, 1.165) is 6.92 Å². The Labute approximate surface area is 170 Å². The number of anilines is 3. The van der Waals surface area contributed by atoms with Crippen LogP contribution in [0.2, 0.25) is 0 Å². The van der Waals surface area contributed by atoms with E-state index in [1.807, 2.05) is 17.1 Å². The number of carbonyl (C=O) groups is 2. The van der Waals surface area contributed by atoms with E-state index in [0.29, 0.717) is 31.7 Å². The largest absolute Gasteiger partial charge is 0.408 e. The van der Waals surface area contributed by atoms with E-state index < -0.39 is 24.2 Å². The molecule has 1 aliphatic rings. The quantitative estimate of drug-likeness (QED) is 0.779. The van der Waals surface area contributed by atoms with Gasteiger partial charge in [0, 0.05) is 25.7 Å². The average Bonchev–Trinajstić information content (AvgIpc) is 3.12. The summed E-state index contributed by atoms with van der Waals surface area (Å²) in [5.41, 5.74) is 0.382. The van der Waals surface area contributed by atoms with Crippen LogP contribution in [0.25, 0.3) is 0 Å². The van der Waals surface area contributed by atoms with Gasteiger partial charge in [0.15, 0.2) is 11.6 Å². The highest BCUT2D eigenvalue weighted by atomic mass is 19.4. The third-order valence-corrected chi connectivity index (χ3v) is 4.63. The number of pyridine rings is 1. The summed E-state index contributed by atoms with van der Waals surface area (Å²) >= 11 is 0. The predicted octanol–water partition coefficient (Wildman–Crippen LogP) is 3.02. The minimum absolute atomic E-state index is 0.183. The summed E-state index contributed by atoms with van der Waals surface area (Å²) in [6.07, 6.45) is -2.65. The molecule has 3 amide bonds. The van der Waals surface area contributed by atoms with Crippen LogP contribution in [0.5, 0.6) is 0 Å². The van der Waals surface area contributed by atoms with Crippen molar-refractivity contribution in [3.8, 4) is 0 Å². The summed E-state index contributed by atoms with van der Waals surface area (Å²) in [5.74, 6) is -0.597. The van der Waals surface area contributed by atoms with Crippen LogP contribution in [0.15, 0.2) is 29.0 Å². The number of rotatable bonds is 4. The maximum Gasteiger partial charge on any atom is 0.408 e. The van der Waals surface area contributed by atoms with Crippen molar-refractivity contribution in [2.24, 2.45) is 0 Å². The van der Waals surface area contributed by atoms with E-state index in [2.05, 4.69) is 15.5 Å². The minimum Gasteiger partial charge on any atom is -0.369 e. The van der Waals surface area contributed by atoms with Gasteiger partial charge in [-0.25, -0.2) is 9.78 Å². The molecular weight excluding hydrogens is 405 g/mol. The second kappa shape index (κ2) is 8.59. The van der Waals surface area contributed by atoms with Gasteiger partial charge in [-0.05, 0) is 32.4 Å². The van der Waals surface area contributed by atoms with Crippen molar-refractivity contribution in [2.45, 2.75) is 32.5 Å². The number of urea groups is 1. The standard InChI is InChI=1S/C18H21F3N6O3/c1-3-26-8-4-9-27(17(29)24-14-7-10-30-25-14)15-13(26)6-5-12(23-15)16(28)22-11(2)18(19,20)21/h5-7,10-11H,3-4,8-9H2,1-2H3,(H,22,28)(H,24,25,29)/t11-/m1/s1. The first-order valence-corrected chi connectivity index (χ1v) is 9.33. The number of amides is 3. The molecule has 3 heterocycles. The van der Waals surface area contributed by atoms with Crippen molar-refractivity contribution in [3.05, 3.63) is 30.2 Å². The SMILES string of the molecule is CCN1CCCN(C(=O)Nc2ccon2)c2nc(C(=O)N[C@H](C)C(F)(F)F)ccc21. The third-order valence-electron chi connectivity index (χ3n) is 4.63. The summed E-state index contributed by atoms with van der Waals surface area (Å²) < 4.78 is 43.0. The second-order valence-corrected chi connectivity index (χ2v) is 6.68. The highest BCUT2D eigenvalue weighted by Crippen LogP contribution is 2.31. The number of aromatic nitrogens is 2. The van der Waals surface area contributed by atoms with Crippen LogP contribution < -0.4 is 20.4 Å². The van der Waals surface area contributed by atoms with Crippen molar-refractivity contribution in [1.82, 2.24) is 15.5 Å². The van der Waals surface area contributed by atoms with Crippen molar-refractivity contribution < 1.29 is 27.3 Å². The van der Waals surface area contributed by atoms with Crippen LogP contribution in [0.3, 0.4) is 0 Å². The number of nitrogens with zero attached hydrogens (tertiary/aromatic N) is 4. The molecular formula is C18H21F3N6O3. The lowest BCUT2D eigenvalue weighted by molar-refractivity contribution is -0.149. The Bertz CT molecular complexity index is 903. The van der Waals surface area contributed by atoms with Gasteiger partial charge in [0.25, 0.3) is 5.91 Å². The van der Waals surface area contributed by atoms with Gasteiger partial charge in [-0.2, -0.15) is 13.2 Å². The molecule has 12 heteroatoms. The first kappa shape index (κ1) is 21.4. The molecule has 2 aromatic heterocycles. The van der Waals surface area contributed by atoms with Gasteiger partial charge in [0.05, 0.1) is 5.69 Å². The zero-order valence-corrected chi connectivity index (χ0v) is 16.4. The Morgan fingerprint density at radius 3 is 2.67 bits per heavy atom. The normalized spacial score (nSPS) is 15.2. The third kappa shape index (κ3) is 4.63. The molecule has 0 aromatic carbocycles. The van der Waals surface area contributed by atoms with Gasteiger partial charge in [-0.1, -0.05) is 5.16 Å². The molecule has 9 nitrogen and oxygen atoms in total. The molecule has 30 heavy (non-hydrogen) atoms. The highest BCUT2D eigenvalue weighted by molar-refractivity contribution is 6.03. The number of hydrogen-bond donors (Lipinski definition) is 2. The molecule has 1 aliphatic heterocycles. The molecule has 0 aliphatic carbocycles. The number of nitrogens with one attached hydrogen (secondary N) is 2. The fourth-order valence-corrected chi connectivity index (χ4v) is 2.99. The van der Waals surface area contributed by atoms with Gasteiger partial charge < -0.3 is 14.7 Å². The summed E-state index contributed by atoms with van der Waals surface area (Å²) in [4.78, 5) is 32.7. The molecule has 2 N–H and O–H groups in total. The van der Waals surface area contributed by atoms with Crippen molar-refractivity contribution in [3.63, 3.8) is 0 Å². The lowest BCUT2D eigenvalue weighted by atomic mass is 10.2. The molecule has 0 saturated heterocycles. The molecule has 0 radical (unpaired) electrons. The Balaban J connectivity index is 1.92. The average molecular weight is 426 g/mol. The first-order chi connectivity index (χ1) is 14.2. The number of hydrogen-bond acceptors (Lipinski definition) is 6. The van der Waals surface area contributed by atoms with E-state index in [9.17, 15) is 22.8 Å². The smallest absolute Gasteiger partial charge is 0.369 e. The molecule has 0 saturated carbocycles. The van der Waals surface area contributed by atoms with E-state index in [4.69, 9.17) is 4.52 Å². The Morgan fingerprint density at radius 2 is 2.03 bits per heavy atom. The van der Waals surface area contributed by atoms with Crippen LogP contribution in [0.1, 0.15) is 30.8 Å². The fraction of sp³-hybridized carbons (Fsp3) is 0.444. The summed E-state index contributed by atoms with van der Waals surface area (Å²) in [6, 6.07) is 1.81. The molecule has 2 aromatic rings. The van der Waals surface area contributed by atoms with Crippen LogP contribution in [-0.2, 0) is 0 Å². The lowest BCUT2D eigenvalue weighted by Gasteiger charge is -2.25. The summed E-state index contributed by atoms with van der Waals surface area (Å²) in [6.45, 7) is 4.35. The van der Waals surface area contributed by atoms with Crippen molar-refractivity contribution in [2.75, 3.05) is 34.8 Å². The van der Waals surface area contributed by atoms with Gasteiger partial charge in [0.1, 0.15) is 18.0 Å². The van der Waals surface area contributed by atoms with Gasteiger partial charge in [0.2, 0.25) is 0 Å². The maximum atomic E-state index is 12.8. The number of halogens is 3.